The van der Waals surface area contributed by atoms with Gasteiger partial charge in [0, 0.05) is 36.3 Å². The van der Waals surface area contributed by atoms with Gasteiger partial charge in [-0.15, -0.1) is 0 Å². The molecule has 6 nitrogen and oxygen atoms in total. The van der Waals surface area contributed by atoms with Gasteiger partial charge in [-0.25, -0.2) is 0 Å². The number of nitriles is 1. The minimum Gasteiger partial charge on any atom is -0.496 e. The molecule has 2 aromatic heterocycles. The van der Waals surface area contributed by atoms with Crippen LogP contribution in [0.25, 0.3) is 10.9 Å². The monoisotopic (exact) mass is 322 g/mol. The number of benzene rings is 1. The van der Waals surface area contributed by atoms with Crippen LogP contribution in [-0.4, -0.2) is 22.6 Å². The largest absolute Gasteiger partial charge is 0.496 e. The molecule has 0 spiro atoms. The SMILES string of the molecule is COc1cc(C)c2[nH]ccc2c1CNC(=O)c1ccc(C#N)n1C. The number of carbonyl (C=O) groups is 1. The van der Waals surface area contributed by atoms with Gasteiger partial charge in [0.25, 0.3) is 5.91 Å². The van der Waals surface area contributed by atoms with Gasteiger partial charge in [0.2, 0.25) is 0 Å². The van der Waals surface area contributed by atoms with Gasteiger partial charge in [0.1, 0.15) is 23.2 Å². The molecular weight excluding hydrogens is 304 g/mol. The number of nitrogens with zero attached hydrogens (tertiary/aromatic N) is 2. The molecule has 2 N–H and O–H groups in total. The van der Waals surface area contributed by atoms with Crippen molar-refractivity contribution in [2.45, 2.75) is 13.5 Å². The number of amides is 1. The number of nitrogens with one attached hydrogen (secondary N) is 2. The first kappa shape index (κ1) is 15.7. The molecule has 1 aromatic carbocycles. The third kappa shape index (κ3) is 2.50. The van der Waals surface area contributed by atoms with E-state index in [1.807, 2.05) is 31.3 Å². The molecule has 0 unspecified atom stereocenters. The molecule has 0 fully saturated rings. The Labute approximate surface area is 139 Å². The molecule has 3 rings (SSSR count). The van der Waals surface area contributed by atoms with Crippen molar-refractivity contribution >= 4 is 16.8 Å². The maximum atomic E-state index is 12.4. The molecular formula is C18H18N4O2. The molecule has 2 heterocycles. The van der Waals surface area contributed by atoms with E-state index in [9.17, 15) is 4.79 Å². The Morgan fingerprint density at radius 3 is 2.88 bits per heavy atom. The van der Waals surface area contributed by atoms with Crippen LogP contribution in [0, 0.1) is 18.3 Å². The summed E-state index contributed by atoms with van der Waals surface area (Å²) in [4.78, 5) is 15.6. The van der Waals surface area contributed by atoms with Crippen LogP contribution in [0.3, 0.4) is 0 Å². The van der Waals surface area contributed by atoms with Crippen molar-refractivity contribution in [1.82, 2.24) is 14.9 Å². The quantitative estimate of drug-likeness (QED) is 0.774. The molecule has 0 saturated carbocycles. The number of rotatable bonds is 4. The fourth-order valence-electron chi connectivity index (χ4n) is 2.91. The van der Waals surface area contributed by atoms with Gasteiger partial charge < -0.3 is 19.6 Å². The summed E-state index contributed by atoms with van der Waals surface area (Å²) in [6.45, 7) is 2.35. The first-order chi connectivity index (χ1) is 11.6. The third-order valence-electron chi connectivity index (χ3n) is 4.23. The lowest BCUT2D eigenvalue weighted by atomic mass is 10.0. The van der Waals surface area contributed by atoms with Gasteiger partial charge in [-0.2, -0.15) is 5.26 Å². The van der Waals surface area contributed by atoms with E-state index in [-0.39, 0.29) is 5.91 Å². The van der Waals surface area contributed by atoms with E-state index in [0.717, 1.165) is 27.8 Å². The number of aromatic amines is 1. The Bertz CT molecular complexity index is 959. The summed E-state index contributed by atoms with van der Waals surface area (Å²) in [5.41, 5.74) is 3.93. The Kier molecular flexibility index (Phi) is 4.00. The highest BCUT2D eigenvalue weighted by molar-refractivity contribution is 5.94. The first-order valence-corrected chi connectivity index (χ1v) is 7.54. The van der Waals surface area contributed by atoms with Gasteiger partial charge >= 0.3 is 0 Å². The van der Waals surface area contributed by atoms with Crippen LogP contribution in [0.15, 0.2) is 30.5 Å². The summed E-state index contributed by atoms with van der Waals surface area (Å²) in [5.74, 6) is 0.509. The smallest absolute Gasteiger partial charge is 0.268 e. The average Bonchev–Trinajstić information content (AvgIpc) is 3.20. The predicted molar refractivity (Wildman–Crippen MR) is 90.9 cm³/mol. The van der Waals surface area contributed by atoms with Crippen LogP contribution in [0.1, 0.15) is 27.3 Å². The zero-order chi connectivity index (χ0) is 17.3. The molecule has 3 aromatic rings. The van der Waals surface area contributed by atoms with E-state index >= 15 is 0 Å². The second-order valence-electron chi connectivity index (χ2n) is 5.60. The molecule has 0 saturated heterocycles. The fourth-order valence-corrected chi connectivity index (χ4v) is 2.91. The topological polar surface area (TPSA) is 82.8 Å². The van der Waals surface area contributed by atoms with Crippen molar-refractivity contribution in [1.29, 1.82) is 5.26 Å². The molecule has 0 aliphatic carbocycles. The van der Waals surface area contributed by atoms with E-state index in [1.54, 1.807) is 30.9 Å². The lowest BCUT2D eigenvalue weighted by Gasteiger charge is -2.13. The molecule has 0 aliphatic rings. The molecule has 0 aliphatic heterocycles. The van der Waals surface area contributed by atoms with E-state index in [0.29, 0.717) is 17.9 Å². The summed E-state index contributed by atoms with van der Waals surface area (Å²) < 4.78 is 7.05. The molecule has 6 heteroatoms. The van der Waals surface area contributed by atoms with Crippen LogP contribution in [0.4, 0.5) is 0 Å². The number of fused-ring (bicyclic) bond motifs is 1. The number of hydrogen-bond acceptors (Lipinski definition) is 3. The predicted octanol–water partition coefficient (Wildman–Crippen LogP) is 2.63. The van der Waals surface area contributed by atoms with Crippen LogP contribution in [-0.2, 0) is 13.6 Å². The van der Waals surface area contributed by atoms with Crippen LogP contribution < -0.4 is 10.1 Å². The number of hydrogen-bond donors (Lipinski definition) is 2. The summed E-state index contributed by atoms with van der Waals surface area (Å²) in [7, 11) is 3.32. The Hall–Kier alpha value is -3.20. The van der Waals surface area contributed by atoms with Crippen molar-refractivity contribution < 1.29 is 9.53 Å². The molecule has 1 amide bonds. The molecule has 24 heavy (non-hydrogen) atoms. The lowest BCUT2D eigenvalue weighted by Crippen LogP contribution is -2.25. The van der Waals surface area contributed by atoms with Gasteiger partial charge in [-0.1, -0.05) is 0 Å². The number of H-pyrrole nitrogens is 1. The van der Waals surface area contributed by atoms with Crippen molar-refractivity contribution in [3.05, 3.63) is 53.0 Å². The Morgan fingerprint density at radius 2 is 2.21 bits per heavy atom. The number of methoxy groups -OCH3 is 1. The standard InChI is InChI=1S/C18H18N4O2/c1-11-8-16(24-3)14(13-6-7-20-17(11)13)10-21-18(23)15-5-4-12(9-19)22(15)2/h4-8,20H,10H2,1-3H3,(H,21,23). The van der Waals surface area contributed by atoms with E-state index in [2.05, 4.69) is 10.3 Å². The van der Waals surface area contributed by atoms with Gasteiger partial charge in [-0.05, 0) is 36.8 Å². The number of aryl methyl sites for hydroxylation is 1. The van der Waals surface area contributed by atoms with Gasteiger partial charge in [-0.3, -0.25) is 4.79 Å². The zero-order valence-corrected chi connectivity index (χ0v) is 13.8. The van der Waals surface area contributed by atoms with Crippen molar-refractivity contribution in [2.75, 3.05) is 7.11 Å². The van der Waals surface area contributed by atoms with E-state index < -0.39 is 0 Å². The fraction of sp³-hybridized carbons (Fsp3) is 0.222. The average molecular weight is 322 g/mol. The first-order valence-electron chi connectivity index (χ1n) is 7.54. The normalized spacial score (nSPS) is 10.6. The highest BCUT2D eigenvalue weighted by atomic mass is 16.5. The van der Waals surface area contributed by atoms with Gasteiger partial charge in [0.15, 0.2) is 0 Å². The second-order valence-corrected chi connectivity index (χ2v) is 5.60. The number of aromatic nitrogens is 2. The number of carbonyl (C=O) groups excluding carboxylic acids is 1. The number of ether oxygens (including phenoxy) is 1. The van der Waals surface area contributed by atoms with Crippen molar-refractivity contribution in [2.24, 2.45) is 7.05 Å². The molecule has 0 radical (unpaired) electrons. The summed E-state index contributed by atoms with van der Waals surface area (Å²) in [6.07, 6.45) is 1.87. The zero-order valence-electron chi connectivity index (χ0n) is 13.8. The van der Waals surface area contributed by atoms with Crippen LogP contribution in [0.5, 0.6) is 5.75 Å². The van der Waals surface area contributed by atoms with E-state index in [4.69, 9.17) is 10.00 Å². The lowest BCUT2D eigenvalue weighted by molar-refractivity contribution is 0.0942. The van der Waals surface area contributed by atoms with Gasteiger partial charge in [0.05, 0.1) is 7.11 Å². The van der Waals surface area contributed by atoms with E-state index in [1.165, 1.54) is 0 Å². The molecule has 0 atom stereocenters. The Balaban J connectivity index is 1.89. The minimum absolute atomic E-state index is 0.231. The highest BCUT2D eigenvalue weighted by Gasteiger charge is 2.16. The van der Waals surface area contributed by atoms with Crippen molar-refractivity contribution in [3.63, 3.8) is 0 Å². The summed E-state index contributed by atoms with van der Waals surface area (Å²) in [5, 5.41) is 12.9. The summed E-state index contributed by atoms with van der Waals surface area (Å²) >= 11 is 0. The Morgan fingerprint density at radius 1 is 1.42 bits per heavy atom. The molecule has 0 bridgehead atoms. The molecule has 122 valence electrons. The highest BCUT2D eigenvalue weighted by Crippen LogP contribution is 2.30. The maximum absolute atomic E-state index is 12.4. The van der Waals surface area contributed by atoms with Crippen LogP contribution >= 0.6 is 0 Å². The summed E-state index contributed by atoms with van der Waals surface area (Å²) in [6, 6.07) is 9.25. The van der Waals surface area contributed by atoms with Crippen LogP contribution in [0.2, 0.25) is 0 Å². The second kappa shape index (κ2) is 6.13. The van der Waals surface area contributed by atoms with Crippen molar-refractivity contribution in [3.8, 4) is 11.8 Å². The third-order valence-corrected chi connectivity index (χ3v) is 4.23. The minimum atomic E-state index is -0.231. The maximum Gasteiger partial charge on any atom is 0.268 e.